The van der Waals surface area contributed by atoms with E-state index in [1.807, 2.05) is 0 Å². The Hall–Kier alpha value is -2.82. The Bertz CT molecular complexity index is 681. The highest BCUT2D eigenvalue weighted by atomic mass is 16.4. The molecule has 2 aromatic carbocycles. The second-order valence-corrected chi connectivity index (χ2v) is 4.41. The number of hydrogen-bond acceptors (Lipinski definition) is 3. The number of rotatable bonds is 3. The normalized spacial score (nSPS) is 10.1. The molecule has 0 aromatic heterocycles. The number of carbonyl (C=O) groups is 2. The fraction of sp³-hybridized carbons (Fsp3) is 0.0667. The smallest absolute Gasteiger partial charge is 0.335 e. The number of nitrogens with one attached hydrogen (secondary N) is 1. The molecular formula is C15H14N2O3. The number of aromatic carboxylic acids is 1. The van der Waals surface area contributed by atoms with Crippen LogP contribution >= 0.6 is 0 Å². The second-order valence-electron chi connectivity index (χ2n) is 4.41. The summed E-state index contributed by atoms with van der Waals surface area (Å²) in [5, 5.41) is 11.6. The molecule has 0 aliphatic heterocycles. The van der Waals surface area contributed by atoms with Gasteiger partial charge in [-0.15, -0.1) is 0 Å². The summed E-state index contributed by atoms with van der Waals surface area (Å²) in [5.74, 6) is -1.29. The molecule has 5 nitrogen and oxygen atoms in total. The van der Waals surface area contributed by atoms with E-state index in [9.17, 15) is 9.59 Å². The van der Waals surface area contributed by atoms with Crippen molar-refractivity contribution in [3.05, 3.63) is 59.2 Å². The topological polar surface area (TPSA) is 92.4 Å². The van der Waals surface area contributed by atoms with Crippen LogP contribution < -0.4 is 11.1 Å². The van der Waals surface area contributed by atoms with Gasteiger partial charge in [-0.05, 0) is 48.9 Å². The van der Waals surface area contributed by atoms with Gasteiger partial charge >= 0.3 is 5.97 Å². The molecule has 0 heterocycles. The van der Waals surface area contributed by atoms with E-state index in [2.05, 4.69) is 5.32 Å². The number of carboxylic acids is 1. The maximum absolute atomic E-state index is 12.1. The van der Waals surface area contributed by atoms with Crippen LogP contribution in [0, 0.1) is 6.92 Å². The molecule has 102 valence electrons. The van der Waals surface area contributed by atoms with Crippen molar-refractivity contribution in [3.63, 3.8) is 0 Å². The number of hydrogen-bond donors (Lipinski definition) is 3. The Balaban J connectivity index is 2.22. The predicted molar refractivity (Wildman–Crippen MR) is 76.9 cm³/mol. The Kier molecular flexibility index (Phi) is 3.70. The number of aryl methyl sites for hydroxylation is 1. The number of nitrogens with two attached hydrogens (primary N) is 1. The first kappa shape index (κ1) is 13.6. The first-order chi connectivity index (χ1) is 9.47. The van der Waals surface area contributed by atoms with Crippen LogP contribution in [-0.4, -0.2) is 17.0 Å². The molecule has 0 bridgehead atoms. The third-order valence-electron chi connectivity index (χ3n) is 2.87. The minimum absolute atomic E-state index is 0.185. The van der Waals surface area contributed by atoms with Gasteiger partial charge in [-0.1, -0.05) is 6.07 Å². The molecule has 0 spiro atoms. The third-order valence-corrected chi connectivity index (χ3v) is 2.87. The van der Waals surface area contributed by atoms with Gasteiger partial charge in [0.15, 0.2) is 0 Å². The standard InChI is InChI=1S/C15H14N2O3/c1-9-7-11(15(19)20)5-6-13(9)17-14(18)10-3-2-4-12(16)8-10/h2-8H,16H2,1H3,(H,17,18)(H,19,20). The van der Waals surface area contributed by atoms with Crippen LogP contribution in [0.1, 0.15) is 26.3 Å². The number of carbonyl (C=O) groups excluding carboxylic acids is 1. The molecule has 2 aromatic rings. The first-order valence-corrected chi connectivity index (χ1v) is 5.98. The van der Waals surface area contributed by atoms with Crippen molar-refractivity contribution in [2.75, 3.05) is 11.1 Å². The molecule has 2 rings (SSSR count). The summed E-state index contributed by atoms with van der Waals surface area (Å²) in [6.45, 7) is 1.74. The van der Waals surface area contributed by atoms with E-state index < -0.39 is 5.97 Å². The SMILES string of the molecule is Cc1cc(C(=O)O)ccc1NC(=O)c1cccc(N)c1. The van der Waals surface area contributed by atoms with Crippen LogP contribution in [0.15, 0.2) is 42.5 Å². The second kappa shape index (κ2) is 5.44. The van der Waals surface area contributed by atoms with E-state index in [1.54, 1.807) is 37.3 Å². The molecular weight excluding hydrogens is 256 g/mol. The molecule has 0 aliphatic rings. The van der Waals surface area contributed by atoms with E-state index in [-0.39, 0.29) is 11.5 Å². The lowest BCUT2D eigenvalue weighted by Crippen LogP contribution is -2.13. The minimum Gasteiger partial charge on any atom is -0.478 e. The molecule has 0 radical (unpaired) electrons. The Morgan fingerprint density at radius 3 is 2.45 bits per heavy atom. The quantitative estimate of drug-likeness (QED) is 0.747. The highest BCUT2D eigenvalue weighted by Gasteiger charge is 2.10. The molecule has 4 N–H and O–H groups in total. The van der Waals surface area contributed by atoms with Crippen LogP contribution in [0.5, 0.6) is 0 Å². The van der Waals surface area contributed by atoms with Crippen LogP contribution in [0.2, 0.25) is 0 Å². The fourth-order valence-corrected chi connectivity index (χ4v) is 1.81. The van der Waals surface area contributed by atoms with Crippen molar-refractivity contribution in [2.24, 2.45) is 0 Å². The maximum Gasteiger partial charge on any atom is 0.335 e. The Morgan fingerprint density at radius 2 is 1.85 bits per heavy atom. The zero-order chi connectivity index (χ0) is 14.7. The van der Waals surface area contributed by atoms with Gasteiger partial charge in [-0.25, -0.2) is 4.79 Å². The van der Waals surface area contributed by atoms with Crippen LogP contribution in [0.25, 0.3) is 0 Å². The Labute approximate surface area is 116 Å². The highest BCUT2D eigenvalue weighted by Crippen LogP contribution is 2.18. The first-order valence-electron chi connectivity index (χ1n) is 5.98. The molecule has 0 atom stereocenters. The molecule has 0 saturated carbocycles. The summed E-state index contributed by atoms with van der Waals surface area (Å²) >= 11 is 0. The summed E-state index contributed by atoms with van der Waals surface area (Å²) in [7, 11) is 0. The molecule has 0 fully saturated rings. The molecule has 0 aliphatic carbocycles. The van der Waals surface area contributed by atoms with E-state index in [4.69, 9.17) is 10.8 Å². The van der Waals surface area contributed by atoms with Gasteiger partial charge in [0.2, 0.25) is 0 Å². The molecule has 1 amide bonds. The fourth-order valence-electron chi connectivity index (χ4n) is 1.81. The van der Waals surface area contributed by atoms with Gasteiger partial charge in [0, 0.05) is 16.9 Å². The summed E-state index contributed by atoms with van der Waals surface area (Å²) in [4.78, 5) is 22.9. The molecule has 20 heavy (non-hydrogen) atoms. The summed E-state index contributed by atoms with van der Waals surface area (Å²) in [6.07, 6.45) is 0. The van der Waals surface area contributed by atoms with Gasteiger partial charge in [0.05, 0.1) is 5.56 Å². The number of nitrogen functional groups attached to an aromatic ring is 1. The number of anilines is 2. The van der Waals surface area contributed by atoms with E-state index in [0.29, 0.717) is 22.5 Å². The lowest BCUT2D eigenvalue weighted by atomic mass is 10.1. The molecule has 0 unspecified atom stereocenters. The lowest BCUT2D eigenvalue weighted by molar-refractivity contribution is 0.0696. The summed E-state index contributed by atoms with van der Waals surface area (Å²) < 4.78 is 0. The number of amides is 1. The predicted octanol–water partition coefficient (Wildman–Crippen LogP) is 2.53. The monoisotopic (exact) mass is 270 g/mol. The summed E-state index contributed by atoms with van der Waals surface area (Å²) in [6, 6.07) is 11.2. The zero-order valence-corrected chi connectivity index (χ0v) is 10.9. The average Bonchev–Trinajstić information content (AvgIpc) is 2.40. The van der Waals surface area contributed by atoms with E-state index >= 15 is 0 Å². The maximum atomic E-state index is 12.1. The van der Waals surface area contributed by atoms with Crippen molar-refractivity contribution in [1.82, 2.24) is 0 Å². The van der Waals surface area contributed by atoms with Crippen molar-refractivity contribution in [2.45, 2.75) is 6.92 Å². The van der Waals surface area contributed by atoms with Crippen molar-refractivity contribution < 1.29 is 14.7 Å². The van der Waals surface area contributed by atoms with Crippen molar-refractivity contribution in [3.8, 4) is 0 Å². The Morgan fingerprint density at radius 1 is 1.10 bits per heavy atom. The van der Waals surface area contributed by atoms with Gasteiger partial charge in [-0.2, -0.15) is 0 Å². The average molecular weight is 270 g/mol. The van der Waals surface area contributed by atoms with Crippen LogP contribution in [0.3, 0.4) is 0 Å². The minimum atomic E-state index is -0.998. The molecule has 5 heteroatoms. The van der Waals surface area contributed by atoms with Gasteiger partial charge in [-0.3, -0.25) is 4.79 Å². The van der Waals surface area contributed by atoms with Crippen LogP contribution in [0.4, 0.5) is 11.4 Å². The van der Waals surface area contributed by atoms with Crippen molar-refractivity contribution >= 4 is 23.3 Å². The largest absolute Gasteiger partial charge is 0.478 e. The van der Waals surface area contributed by atoms with E-state index in [1.165, 1.54) is 12.1 Å². The number of benzene rings is 2. The third kappa shape index (κ3) is 2.95. The van der Waals surface area contributed by atoms with Gasteiger partial charge in [0.1, 0.15) is 0 Å². The zero-order valence-electron chi connectivity index (χ0n) is 10.9. The van der Waals surface area contributed by atoms with Gasteiger partial charge < -0.3 is 16.2 Å². The molecule has 0 saturated heterocycles. The highest BCUT2D eigenvalue weighted by molar-refractivity contribution is 6.05. The van der Waals surface area contributed by atoms with E-state index in [0.717, 1.165) is 0 Å². The van der Waals surface area contributed by atoms with Crippen molar-refractivity contribution in [1.29, 1.82) is 0 Å². The lowest BCUT2D eigenvalue weighted by Gasteiger charge is -2.09. The number of carboxylic acid groups (broad SMARTS) is 1. The summed E-state index contributed by atoms with van der Waals surface area (Å²) in [5.41, 5.74) is 8.03. The van der Waals surface area contributed by atoms with Crippen LogP contribution in [-0.2, 0) is 0 Å². The van der Waals surface area contributed by atoms with Gasteiger partial charge in [0.25, 0.3) is 5.91 Å².